The Bertz CT molecular complexity index is 405. The van der Waals surface area contributed by atoms with Crippen LogP contribution in [0.2, 0.25) is 0 Å². The molecule has 0 bridgehead atoms. The van der Waals surface area contributed by atoms with Crippen molar-refractivity contribution >= 4 is 5.97 Å². The minimum Gasteiger partial charge on any atom is -0.464 e. The zero-order chi connectivity index (χ0) is 13.1. The monoisotopic (exact) mass is 252 g/mol. The number of hydrogen-bond donors (Lipinski definition) is 2. The van der Waals surface area contributed by atoms with Crippen LogP contribution in [0.4, 0.5) is 0 Å². The highest BCUT2D eigenvalue weighted by Gasteiger charge is 2.49. The SMILES string of the molecule is CCOC(=O)[C@@H](O)[C@H](O)[C@H]1O[C@@H]1c1ccccc1. The van der Waals surface area contributed by atoms with Gasteiger partial charge in [-0.2, -0.15) is 0 Å². The van der Waals surface area contributed by atoms with Gasteiger partial charge in [0, 0.05) is 0 Å². The van der Waals surface area contributed by atoms with E-state index in [1.807, 2.05) is 30.3 Å². The van der Waals surface area contributed by atoms with Crippen LogP contribution in [-0.2, 0) is 14.3 Å². The summed E-state index contributed by atoms with van der Waals surface area (Å²) in [5.41, 5.74) is 0.914. The molecule has 0 aromatic heterocycles. The van der Waals surface area contributed by atoms with Gasteiger partial charge in [0.25, 0.3) is 0 Å². The van der Waals surface area contributed by atoms with Gasteiger partial charge in [-0.3, -0.25) is 0 Å². The lowest BCUT2D eigenvalue weighted by atomic mass is 10.0. The van der Waals surface area contributed by atoms with E-state index in [1.165, 1.54) is 0 Å². The highest BCUT2D eigenvalue weighted by atomic mass is 16.6. The van der Waals surface area contributed by atoms with E-state index in [0.29, 0.717) is 0 Å². The first-order valence-electron chi connectivity index (χ1n) is 5.88. The third-order valence-electron chi connectivity index (χ3n) is 2.84. The number of ether oxygens (including phenoxy) is 2. The molecule has 18 heavy (non-hydrogen) atoms. The molecule has 0 aliphatic carbocycles. The average Bonchev–Trinajstić information content (AvgIpc) is 3.18. The summed E-state index contributed by atoms with van der Waals surface area (Å²) in [5.74, 6) is -0.827. The van der Waals surface area contributed by atoms with E-state index < -0.39 is 24.3 Å². The highest BCUT2D eigenvalue weighted by Crippen LogP contribution is 2.41. The van der Waals surface area contributed by atoms with Gasteiger partial charge in [-0.15, -0.1) is 0 Å². The Labute approximate surface area is 105 Å². The van der Waals surface area contributed by atoms with E-state index in [9.17, 15) is 15.0 Å². The van der Waals surface area contributed by atoms with Crippen molar-refractivity contribution in [2.75, 3.05) is 6.61 Å². The molecule has 1 aromatic rings. The van der Waals surface area contributed by atoms with E-state index in [1.54, 1.807) is 6.92 Å². The van der Waals surface area contributed by atoms with Crippen molar-refractivity contribution in [3.63, 3.8) is 0 Å². The number of benzene rings is 1. The van der Waals surface area contributed by atoms with E-state index in [0.717, 1.165) is 5.56 Å². The van der Waals surface area contributed by atoms with Crippen molar-refractivity contribution in [1.82, 2.24) is 0 Å². The summed E-state index contributed by atoms with van der Waals surface area (Å²) >= 11 is 0. The number of aliphatic hydroxyl groups excluding tert-OH is 2. The smallest absolute Gasteiger partial charge is 0.337 e. The standard InChI is InChI=1S/C13H16O5/c1-2-17-13(16)10(15)9(14)12-11(18-12)8-6-4-3-5-7-8/h3-7,9-12,14-15H,2H2,1H3/t9-,10-,11+,12+/m0/s1. The number of hydrogen-bond acceptors (Lipinski definition) is 5. The normalized spacial score (nSPS) is 25.3. The Morgan fingerprint density at radius 1 is 1.39 bits per heavy atom. The maximum Gasteiger partial charge on any atom is 0.337 e. The fourth-order valence-corrected chi connectivity index (χ4v) is 1.84. The van der Waals surface area contributed by atoms with E-state index in [4.69, 9.17) is 4.74 Å². The Morgan fingerprint density at radius 2 is 2.06 bits per heavy atom. The summed E-state index contributed by atoms with van der Waals surface area (Å²) in [4.78, 5) is 11.3. The lowest BCUT2D eigenvalue weighted by molar-refractivity contribution is -0.159. The molecule has 1 aliphatic rings. The minimum atomic E-state index is -1.57. The first-order chi connectivity index (χ1) is 8.65. The summed E-state index contributed by atoms with van der Waals surface area (Å²) in [6, 6.07) is 9.34. The topological polar surface area (TPSA) is 79.3 Å². The third kappa shape index (κ3) is 2.69. The highest BCUT2D eigenvalue weighted by molar-refractivity contribution is 5.75. The number of carbonyl (C=O) groups is 1. The van der Waals surface area contributed by atoms with Gasteiger partial charge in [-0.25, -0.2) is 4.79 Å². The zero-order valence-corrected chi connectivity index (χ0v) is 10.0. The number of rotatable bonds is 5. The van der Waals surface area contributed by atoms with Gasteiger partial charge in [-0.05, 0) is 12.5 Å². The Hall–Kier alpha value is -1.43. The second kappa shape index (κ2) is 5.48. The Kier molecular flexibility index (Phi) is 3.96. The average molecular weight is 252 g/mol. The maximum absolute atomic E-state index is 11.3. The molecule has 1 saturated heterocycles. The molecule has 0 radical (unpaired) electrons. The predicted molar refractivity (Wildman–Crippen MR) is 62.7 cm³/mol. The molecule has 5 nitrogen and oxygen atoms in total. The van der Waals surface area contributed by atoms with Gasteiger partial charge >= 0.3 is 5.97 Å². The largest absolute Gasteiger partial charge is 0.464 e. The Morgan fingerprint density at radius 3 is 2.67 bits per heavy atom. The van der Waals surface area contributed by atoms with Crippen LogP contribution in [0.3, 0.4) is 0 Å². The van der Waals surface area contributed by atoms with Gasteiger partial charge in [0.1, 0.15) is 18.3 Å². The van der Waals surface area contributed by atoms with Gasteiger partial charge in [0.05, 0.1) is 6.61 Å². The van der Waals surface area contributed by atoms with Crippen LogP contribution in [-0.4, -0.2) is 41.1 Å². The molecule has 0 spiro atoms. The number of carbonyl (C=O) groups excluding carboxylic acids is 1. The van der Waals surface area contributed by atoms with Crippen LogP contribution >= 0.6 is 0 Å². The van der Waals surface area contributed by atoms with Crippen molar-refractivity contribution in [3.8, 4) is 0 Å². The lowest BCUT2D eigenvalue weighted by Crippen LogP contribution is -2.39. The van der Waals surface area contributed by atoms with Crippen LogP contribution in [0, 0.1) is 0 Å². The second-order valence-corrected chi connectivity index (χ2v) is 4.12. The molecular formula is C13H16O5. The molecule has 0 saturated carbocycles. The number of esters is 1. The van der Waals surface area contributed by atoms with Crippen molar-refractivity contribution in [3.05, 3.63) is 35.9 Å². The fourth-order valence-electron chi connectivity index (χ4n) is 1.84. The number of epoxide rings is 1. The number of aliphatic hydroxyl groups is 2. The molecule has 1 aromatic carbocycles. The van der Waals surface area contributed by atoms with E-state index in [-0.39, 0.29) is 12.7 Å². The molecule has 0 amide bonds. The Balaban J connectivity index is 1.93. The van der Waals surface area contributed by atoms with Gasteiger partial charge in [0.15, 0.2) is 6.10 Å². The van der Waals surface area contributed by atoms with Crippen molar-refractivity contribution in [2.45, 2.75) is 31.3 Å². The van der Waals surface area contributed by atoms with Crippen LogP contribution in [0.5, 0.6) is 0 Å². The van der Waals surface area contributed by atoms with E-state index >= 15 is 0 Å². The summed E-state index contributed by atoms with van der Waals surface area (Å²) < 4.78 is 9.94. The summed E-state index contributed by atoms with van der Waals surface area (Å²) in [7, 11) is 0. The summed E-state index contributed by atoms with van der Waals surface area (Å²) in [6.45, 7) is 1.80. The first-order valence-corrected chi connectivity index (χ1v) is 5.88. The van der Waals surface area contributed by atoms with Crippen molar-refractivity contribution < 1.29 is 24.5 Å². The summed E-state index contributed by atoms with van der Waals surface area (Å²) in [6.07, 6.45) is -3.67. The molecule has 0 unspecified atom stereocenters. The maximum atomic E-state index is 11.3. The zero-order valence-electron chi connectivity index (χ0n) is 10.0. The molecule has 4 atom stereocenters. The quantitative estimate of drug-likeness (QED) is 0.586. The fraction of sp³-hybridized carbons (Fsp3) is 0.462. The van der Waals surface area contributed by atoms with E-state index in [2.05, 4.69) is 4.74 Å². The van der Waals surface area contributed by atoms with Crippen LogP contribution in [0.25, 0.3) is 0 Å². The molecule has 2 N–H and O–H groups in total. The molecule has 1 fully saturated rings. The van der Waals surface area contributed by atoms with Crippen LogP contribution in [0.1, 0.15) is 18.6 Å². The molecule has 5 heteroatoms. The van der Waals surface area contributed by atoms with Crippen LogP contribution in [0.15, 0.2) is 30.3 Å². The van der Waals surface area contributed by atoms with Gasteiger partial charge < -0.3 is 19.7 Å². The van der Waals surface area contributed by atoms with Crippen LogP contribution < -0.4 is 0 Å². The second-order valence-electron chi connectivity index (χ2n) is 4.12. The third-order valence-corrected chi connectivity index (χ3v) is 2.84. The van der Waals surface area contributed by atoms with Crippen molar-refractivity contribution in [1.29, 1.82) is 0 Å². The van der Waals surface area contributed by atoms with Gasteiger partial charge in [0.2, 0.25) is 0 Å². The molecular weight excluding hydrogens is 236 g/mol. The molecule has 1 aliphatic heterocycles. The van der Waals surface area contributed by atoms with Crippen molar-refractivity contribution in [2.24, 2.45) is 0 Å². The predicted octanol–water partition coefficient (Wildman–Crippen LogP) is 0.411. The first kappa shape index (κ1) is 13.0. The summed E-state index contributed by atoms with van der Waals surface area (Å²) in [5, 5.41) is 19.4. The molecule has 1 heterocycles. The lowest BCUT2D eigenvalue weighted by Gasteiger charge is -2.14. The minimum absolute atomic E-state index is 0.163. The molecule has 2 rings (SSSR count). The molecule has 98 valence electrons. The van der Waals surface area contributed by atoms with Gasteiger partial charge in [-0.1, -0.05) is 30.3 Å².